The number of benzene rings is 2. The summed E-state index contributed by atoms with van der Waals surface area (Å²) < 4.78 is 16.5. The molecular weight excluding hydrogens is 378 g/mol. The van der Waals surface area contributed by atoms with Gasteiger partial charge < -0.3 is 29.4 Å². The van der Waals surface area contributed by atoms with Crippen molar-refractivity contribution in [3.63, 3.8) is 0 Å². The first kappa shape index (κ1) is 20.2. The quantitative estimate of drug-likeness (QED) is 0.651. The predicted octanol–water partition coefficient (Wildman–Crippen LogP) is 3.89. The van der Waals surface area contributed by atoms with Crippen LogP contribution >= 0.6 is 12.4 Å². The highest BCUT2D eigenvalue weighted by Crippen LogP contribution is 2.32. The second-order valence-corrected chi connectivity index (χ2v) is 6.65. The van der Waals surface area contributed by atoms with Crippen LogP contribution in [0.4, 0.5) is 11.4 Å². The van der Waals surface area contributed by atoms with Crippen molar-refractivity contribution in [2.45, 2.75) is 6.54 Å². The van der Waals surface area contributed by atoms with E-state index in [0.717, 1.165) is 65.6 Å². The SMILES string of the molecule is COc1cc(CNc2cc(N3CCNCC3)c3occc3c2)cc(OC)c1.Cl. The molecule has 1 saturated heterocycles. The van der Waals surface area contributed by atoms with Crippen molar-refractivity contribution in [1.29, 1.82) is 0 Å². The van der Waals surface area contributed by atoms with Gasteiger partial charge in [-0.15, -0.1) is 12.4 Å². The Labute approximate surface area is 171 Å². The van der Waals surface area contributed by atoms with E-state index in [0.29, 0.717) is 6.54 Å². The monoisotopic (exact) mass is 403 g/mol. The molecule has 1 aliphatic heterocycles. The summed E-state index contributed by atoms with van der Waals surface area (Å²) in [7, 11) is 3.33. The second-order valence-electron chi connectivity index (χ2n) is 6.65. The molecule has 0 saturated carbocycles. The van der Waals surface area contributed by atoms with Gasteiger partial charge in [-0.25, -0.2) is 0 Å². The highest BCUT2D eigenvalue weighted by Gasteiger charge is 2.16. The Hall–Kier alpha value is -2.57. The minimum absolute atomic E-state index is 0. The number of furan rings is 1. The van der Waals surface area contributed by atoms with Crippen LogP contribution in [0.2, 0.25) is 0 Å². The smallest absolute Gasteiger partial charge is 0.157 e. The number of piperazine rings is 1. The molecule has 6 nitrogen and oxygen atoms in total. The first-order chi connectivity index (χ1) is 13.3. The molecule has 0 bridgehead atoms. The Bertz CT molecular complexity index is 900. The van der Waals surface area contributed by atoms with Gasteiger partial charge in [0.05, 0.1) is 26.2 Å². The summed E-state index contributed by atoms with van der Waals surface area (Å²) in [6, 6.07) is 12.2. The molecule has 4 rings (SSSR count). The molecule has 2 N–H and O–H groups in total. The predicted molar refractivity (Wildman–Crippen MR) is 115 cm³/mol. The Morgan fingerprint density at radius 2 is 1.75 bits per heavy atom. The maximum atomic E-state index is 5.76. The third kappa shape index (κ3) is 4.29. The molecule has 7 heteroatoms. The molecule has 0 atom stereocenters. The molecule has 150 valence electrons. The van der Waals surface area contributed by atoms with Gasteiger partial charge in [-0.2, -0.15) is 0 Å². The number of methoxy groups -OCH3 is 2. The van der Waals surface area contributed by atoms with Crippen LogP contribution < -0.4 is 25.0 Å². The van der Waals surface area contributed by atoms with Crippen molar-refractivity contribution in [2.75, 3.05) is 50.6 Å². The largest absolute Gasteiger partial charge is 0.497 e. The summed E-state index contributed by atoms with van der Waals surface area (Å²) in [5.41, 5.74) is 4.26. The standard InChI is InChI=1S/C21H25N3O3.ClH/c1-25-18-9-15(10-19(13-18)26-2)14-23-17-11-16-3-8-27-21(16)20(12-17)24-6-4-22-5-7-24;/h3,8-13,22-23H,4-7,14H2,1-2H3;1H. The molecular formula is C21H26ClN3O3. The highest BCUT2D eigenvalue weighted by molar-refractivity contribution is 5.93. The molecule has 0 amide bonds. The molecule has 0 spiro atoms. The number of halogens is 1. The first-order valence-electron chi connectivity index (χ1n) is 9.19. The average Bonchev–Trinajstić information content (AvgIpc) is 3.20. The highest BCUT2D eigenvalue weighted by atomic mass is 35.5. The number of nitrogens with one attached hydrogen (secondary N) is 2. The van der Waals surface area contributed by atoms with Crippen LogP contribution in [0.1, 0.15) is 5.56 Å². The first-order valence-corrected chi connectivity index (χ1v) is 9.19. The second kappa shape index (κ2) is 9.08. The van der Waals surface area contributed by atoms with E-state index in [1.165, 1.54) is 0 Å². The normalized spacial score (nSPS) is 13.9. The summed E-state index contributed by atoms with van der Waals surface area (Å²) in [5, 5.41) is 8.04. The number of fused-ring (bicyclic) bond motifs is 1. The summed E-state index contributed by atoms with van der Waals surface area (Å²) in [6.07, 6.45) is 1.76. The molecule has 1 fully saturated rings. The van der Waals surface area contributed by atoms with Gasteiger partial charge in [0.2, 0.25) is 0 Å². The van der Waals surface area contributed by atoms with Crippen molar-refractivity contribution in [2.24, 2.45) is 0 Å². The minimum atomic E-state index is 0. The van der Waals surface area contributed by atoms with E-state index in [1.54, 1.807) is 20.5 Å². The van der Waals surface area contributed by atoms with Crippen molar-refractivity contribution >= 4 is 34.8 Å². The Balaban J connectivity index is 0.00000225. The molecule has 1 aromatic heterocycles. The third-order valence-electron chi connectivity index (χ3n) is 4.90. The van der Waals surface area contributed by atoms with Gasteiger partial charge in [0.15, 0.2) is 5.58 Å². The fourth-order valence-electron chi connectivity index (χ4n) is 3.48. The molecule has 2 aromatic carbocycles. The van der Waals surface area contributed by atoms with E-state index in [2.05, 4.69) is 27.7 Å². The lowest BCUT2D eigenvalue weighted by Gasteiger charge is -2.29. The van der Waals surface area contributed by atoms with E-state index in [9.17, 15) is 0 Å². The maximum absolute atomic E-state index is 5.76. The van der Waals surface area contributed by atoms with Crippen LogP contribution in [0.25, 0.3) is 11.0 Å². The van der Waals surface area contributed by atoms with E-state index in [-0.39, 0.29) is 12.4 Å². The zero-order chi connectivity index (χ0) is 18.6. The van der Waals surface area contributed by atoms with Gasteiger partial charge in [0.1, 0.15) is 11.5 Å². The van der Waals surface area contributed by atoms with Crippen molar-refractivity contribution < 1.29 is 13.9 Å². The van der Waals surface area contributed by atoms with E-state index in [1.807, 2.05) is 24.3 Å². The van der Waals surface area contributed by atoms with Gasteiger partial charge in [-0.1, -0.05) is 0 Å². The van der Waals surface area contributed by atoms with Gasteiger partial charge in [0.25, 0.3) is 0 Å². The zero-order valence-electron chi connectivity index (χ0n) is 16.2. The number of hydrogen-bond donors (Lipinski definition) is 2. The van der Waals surface area contributed by atoms with Crippen LogP contribution in [-0.4, -0.2) is 40.4 Å². The van der Waals surface area contributed by atoms with Crippen LogP contribution in [0.5, 0.6) is 11.5 Å². The van der Waals surface area contributed by atoms with E-state index >= 15 is 0 Å². The van der Waals surface area contributed by atoms with Gasteiger partial charge in [-0.3, -0.25) is 0 Å². The molecule has 2 heterocycles. The molecule has 0 aliphatic carbocycles. The minimum Gasteiger partial charge on any atom is -0.497 e. The molecule has 28 heavy (non-hydrogen) atoms. The number of nitrogens with zero attached hydrogens (tertiary/aromatic N) is 1. The lowest BCUT2D eigenvalue weighted by molar-refractivity contribution is 0.393. The maximum Gasteiger partial charge on any atom is 0.157 e. The van der Waals surface area contributed by atoms with E-state index < -0.39 is 0 Å². The Morgan fingerprint density at radius 1 is 1.04 bits per heavy atom. The molecule has 1 aliphatic rings. The van der Waals surface area contributed by atoms with Gasteiger partial charge in [0, 0.05) is 49.9 Å². The third-order valence-corrected chi connectivity index (χ3v) is 4.90. The summed E-state index contributed by atoms with van der Waals surface area (Å²) >= 11 is 0. The number of anilines is 2. The molecule has 0 unspecified atom stereocenters. The number of ether oxygens (including phenoxy) is 2. The van der Waals surface area contributed by atoms with Gasteiger partial charge >= 0.3 is 0 Å². The average molecular weight is 404 g/mol. The summed E-state index contributed by atoms with van der Waals surface area (Å²) in [6.45, 7) is 4.61. The summed E-state index contributed by atoms with van der Waals surface area (Å²) in [5.74, 6) is 1.58. The van der Waals surface area contributed by atoms with Crippen LogP contribution in [0.3, 0.4) is 0 Å². The van der Waals surface area contributed by atoms with Crippen LogP contribution in [-0.2, 0) is 6.54 Å². The van der Waals surface area contributed by atoms with Crippen molar-refractivity contribution in [3.05, 3.63) is 48.2 Å². The van der Waals surface area contributed by atoms with Crippen LogP contribution in [0, 0.1) is 0 Å². The number of hydrogen-bond acceptors (Lipinski definition) is 6. The van der Waals surface area contributed by atoms with Crippen molar-refractivity contribution in [1.82, 2.24) is 5.32 Å². The Morgan fingerprint density at radius 3 is 2.43 bits per heavy atom. The van der Waals surface area contributed by atoms with Crippen molar-refractivity contribution in [3.8, 4) is 11.5 Å². The lowest BCUT2D eigenvalue weighted by Crippen LogP contribution is -2.43. The molecule has 3 aromatic rings. The topological polar surface area (TPSA) is 58.9 Å². The van der Waals surface area contributed by atoms with E-state index in [4.69, 9.17) is 13.9 Å². The zero-order valence-corrected chi connectivity index (χ0v) is 17.0. The Kier molecular flexibility index (Phi) is 6.54. The van der Waals surface area contributed by atoms with Crippen LogP contribution in [0.15, 0.2) is 47.1 Å². The fraction of sp³-hybridized carbons (Fsp3) is 0.333. The van der Waals surface area contributed by atoms with Gasteiger partial charge in [-0.05, 0) is 35.9 Å². The lowest BCUT2D eigenvalue weighted by atomic mass is 10.1. The molecule has 0 radical (unpaired) electrons. The summed E-state index contributed by atoms with van der Waals surface area (Å²) in [4.78, 5) is 2.38. The number of rotatable bonds is 6. The fourth-order valence-corrected chi connectivity index (χ4v) is 3.48.